The molecule has 29 heavy (non-hydrogen) atoms. The Bertz CT molecular complexity index is 761. The maximum atomic E-state index is 11.0. The fraction of sp³-hybridized carbons (Fsp3) is 0.625. The molecule has 0 aliphatic carbocycles. The first-order chi connectivity index (χ1) is 12.2. The molecule has 0 aliphatic rings. The van der Waals surface area contributed by atoms with Crippen molar-refractivity contribution in [2.45, 2.75) is 51.0 Å². The van der Waals surface area contributed by atoms with Gasteiger partial charge in [-0.05, 0) is 41.5 Å². The van der Waals surface area contributed by atoms with Crippen LogP contribution in [0.2, 0.25) is 0 Å². The standard InChI is InChI=1S/2C8H15NO4S.Ca/c2*1-6(2)7(10)9-5-8(3,4)14(11,12)13;/h2*1,5H2,2-4H3,(H,9,10)(H,11,12,13);/q;;+2/p-2. The summed E-state index contributed by atoms with van der Waals surface area (Å²) in [6.45, 7) is 14.3. The van der Waals surface area contributed by atoms with Crippen molar-refractivity contribution in [2.75, 3.05) is 13.1 Å². The molecule has 0 atom stereocenters. The van der Waals surface area contributed by atoms with E-state index in [-0.39, 0.29) is 62.0 Å². The van der Waals surface area contributed by atoms with E-state index in [1.165, 1.54) is 41.5 Å². The molecular weight excluding hydrogens is 452 g/mol. The molecule has 0 saturated carbocycles. The molecule has 0 spiro atoms. The Hall–Kier alpha value is -0.500. The largest absolute Gasteiger partial charge is 2.00 e. The summed E-state index contributed by atoms with van der Waals surface area (Å²) >= 11 is 0. The van der Waals surface area contributed by atoms with Crippen molar-refractivity contribution in [2.24, 2.45) is 0 Å². The van der Waals surface area contributed by atoms with Crippen molar-refractivity contribution >= 4 is 69.8 Å². The number of rotatable bonds is 8. The predicted molar refractivity (Wildman–Crippen MR) is 109 cm³/mol. The quantitative estimate of drug-likeness (QED) is 0.269. The fourth-order valence-electron chi connectivity index (χ4n) is 1.06. The zero-order chi connectivity index (χ0) is 23.1. The smallest absolute Gasteiger partial charge is 0.747 e. The Balaban J connectivity index is -0.000000451. The molecule has 0 fully saturated rings. The summed E-state index contributed by atoms with van der Waals surface area (Å²) < 4.78 is 61.2. The minimum absolute atomic E-state index is 0. The summed E-state index contributed by atoms with van der Waals surface area (Å²) in [5.74, 6) is -0.913. The number of nitrogens with one attached hydrogen (secondary N) is 2. The van der Waals surface area contributed by atoms with E-state index in [0.717, 1.165) is 0 Å². The summed E-state index contributed by atoms with van der Waals surface area (Å²) in [6.07, 6.45) is 0. The summed E-state index contributed by atoms with van der Waals surface area (Å²) in [6, 6.07) is 0. The summed E-state index contributed by atoms with van der Waals surface area (Å²) in [4.78, 5) is 22.0. The minimum Gasteiger partial charge on any atom is -0.747 e. The zero-order valence-corrected chi connectivity index (χ0v) is 21.5. The van der Waals surface area contributed by atoms with Crippen LogP contribution in [0.4, 0.5) is 0 Å². The van der Waals surface area contributed by atoms with Gasteiger partial charge in [0.2, 0.25) is 11.8 Å². The first kappa shape index (κ1) is 33.1. The van der Waals surface area contributed by atoms with Crippen molar-refractivity contribution in [1.82, 2.24) is 10.6 Å². The van der Waals surface area contributed by atoms with Gasteiger partial charge in [0, 0.05) is 24.2 Å². The molecule has 0 unspecified atom stereocenters. The Morgan fingerprint density at radius 2 is 0.966 bits per heavy atom. The van der Waals surface area contributed by atoms with Gasteiger partial charge in [-0.3, -0.25) is 9.59 Å². The van der Waals surface area contributed by atoms with E-state index >= 15 is 0 Å². The first-order valence-corrected chi connectivity index (χ1v) is 10.8. The topological polar surface area (TPSA) is 173 Å². The number of carbonyl (C=O) groups is 2. The maximum Gasteiger partial charge on any atom is 2.00 e. The van der Waals surface area contributed by atoms with Crippen molar-refractivity contribution in [3.63, 3.8) is 0 Å². The van der Waals surface area contributed by atoms with Crippen LogP contribution in [0.25, 0.3) is 0 Å². The van der Waals surface area contributed by atoms with E-state index in [2.05, 4.69) is 23.8 Å². The minimum atomic E-state index is -4.42. The molecule has 10 nitrogen and oxygen atoms in total. The molecule has 164 valence electrons. The van der Waals surface area contributed by atoms with Gasteiger partial charge < -0.3 is 19.7 Å². The van der Waals surface area contributed by atoms with Gasteiger partial charge in [-0.25, -0.2) is 16.8 Å². The van der Waals surface area contributed by atoms with Crippen LogP contribution >= 0.6 is 0 Å². The summed E-state index contributed by atoms with van der Waals surface area (Å²) in [7, 11) is -8.84. The molecule has 0 aromatic heterocycles. The molecule has 0 rings (SSSR count). The average Bonchev–Trinajstić information content (AvgIpc) is 2.48. The molecule has 0 heterocycles. The average molecular weight is 481 g/mol. The third-order valence-corrected chi connectivity index (χ3v) is 6.47. The third-order valence-electron chi connectivity index (χ3n) is 3.48. The van der Waals surface area contributed by atoms with Crippen molar-refractivity contribution in [3.8, 4) is 0 Å². The van der Waals surface area contributed by atoms with Gasteiger partial charge >= 0.3 is 37.7 Å². The van der Waals surface area contributed by atoms with Crippen LogP contribution in [0, 0.1) is 0 Å². The molecule has 0 aliphatic heterocycles. The van der Waals surface area contributed by atoms with Crippen LogP contribution in [0.3, 0.4) is 0 Å². The molecule has 13 heteroatoms. The van der Waals surface area contributed by atoms with Gasteiger partial charge in [0.15, 0.2) is 0 Å². The molecule has 0 bridgehead atoms. The van der Waals surface area contributed by atoms with Gasteiger partial charge in [-0.1, -0.05) is 13.2 Å². The fourth-order valence-corrected chi connectivity index (χ4v) is 1.56. The van der Waals surface area contributed by atoms with Crippen molar-refractivity contribution < 1.29 is 35.5 Å². The van der Waals surface area contributed by atoms with E-state index in [9.17, 15) is 35.5 Å². The van der Waals surface area contributed by atoms with Gasteiger partial charge in [0.1, 0.15) is 20.2 Å². The molecular formula is C16H28CaN2O8S2. The van der Waals surface area contributed by atoms with Gasteiger partial charge in [0.05, 0.1) is 9.49 Å². The summed E-state index contributed by atoms with van der Waals surface area (Å²) in [5, 5.41) is 4.62. The molecule has 0 saturated heterocycles. The normalized spacial score (nSPS) is 11.9. The summed E-state index contributed by atoms with van der Waals surface area (Å²) in [5.41, 5.74) is 0.535. The van der Waals surface area contributed by atoms with Crippen molar-refractivity contribution in [3.05, 3.63) is 24.3 Å². The van der Waals surface area contributed by atoms with Crippen LogP contribution in [-0.4, -0.2) is 98.1 Å². The zero-order valence-electron chi connectivity index (χ0n) is 17.6. The van der Waals surface area contributed by atoms with E-state index < -0.39 is 41.5 Å². The van der Waals surface area contributed by atoms with Crippen LogP contribution < -0.4 is 10.6 Å². The third kappa shape index (κ3) is 12.7. The molecule has 2 N–H and O–H groups in total. The second kappa shape index (κ2) is 12.4. The van der Waals surface area contributed by atoms with Crippen LogP contribution in [0.15, 0.2) is 24.3 Å². The van der Waals surface area contributed by atoms with Gasteiger partial charge in [-0.2, -0.15) is 0 Å². The number of carbonyl (C=O) groups excluding carboxylic acids is 2. The Kier molecular flexibility index (Phi) is 14.1. The molecule has 0 aromatic carbocycles. The van der Waals surface area contributed by atoms with Crippen LogP contribution in [-0.2, 0) is 29.8 Å². The van der Waals surface area contributed by atoms with Gasteiger partial charge in [-0.15, -0.1) is 0 Å². The number of hydrogen-bond acceptors (Lipinski definition) is 8. The second-order valence-electron chi connectivity index (χ2n) is 7.35. The van der Waals surface area contributed by atoms with E-state index in [0.29, 0.717) is 0 Å². The van der Waals surface area contributed by atoms with Crippen LogP contribution in [0.1, 0.15) is 41.5 Å². The molecule has 0 aromatic rings. The second-order valence-corrected chi connectivity index (χ2v) is 11.4. The Labute approximate surface area is 203 Å². The van der Waals surface area contributed by atoms with Gasteiger partial charge in [0.25, 0.3) is 0 Å². The first-order valence-electron chi connectivity index (χ1n) is 7.94. The molecule has 2 amide bonds. The van der Waals surface area contributed by atoms with Crippen molar-refractivity contribution in [1.29, 1.82) is 0 Å². The number of hydrogen-bond donors (Lipinski definition) is 2. The Morgan fingerprint density at radius 3 is 1.10 bits per heavy atom. The predicted octanol–water partition coefficient (Wildman–Crippen LogP) is -0.376. The maximum absolute atomic E-state index is 11.0. The monoisotopic (exact) mass is 480 g/mol. The number of amides is 2. The van der Waals surface area contributed by atoms with E-state index in [4.69, 9.17) is 0 Å². The molecule has 0 radical (unpaired) electrons. The van der Waals surface area contributed by atoms with E-state index in [1.54, 1.807) is 0 Å². The SMILES string of the molecule is C=C(C)C(=O)NCC(C)(C)S(=O)(=O)[O-].C=C(C)C(=O)NCC(C)(C)S(=O)(=O)[O-].[Ca+2]. The Morgan fingerprint density at radius 1 is 0.759 bits per heavy atom. The van der Waals surface area contributed by atoms with Crippen LogP contribution in [0.5, 0.6) is 0 Å². The van der Waals surface area contributed by atoms with E-state index in [1.807, 2.05) is 0 Å².